The van der Waals surface area contributed by atoms with Gasteiger partial charge in [-0.2, -0.15) is 9.37 Å². The minimum Gasteiger partial charge on any atom is -0.392 e. The van der Waals surface area contributed by atoms with E-state index in [1.165, 1.54) is 51.4 Å². The second-order valence-electron chi connectivity index (χ2n) is 10.9. The van der Waals surface area contributed by atoms with Crippen LogP contribution in [0.25, 0.3) is 0 Å². The minimum absolute atomic E-state index is 0.0661. The molecule has 7 nitrogen and oxygen atoms in total. The van der Waals surface area contributed by atoms with Gasteiger partial charge in [0, 0.05) is 12.6 Å². The maximum atomic E-state index is 14.2. The van der Waals surface area contributed by atoms with Gasteiger partial charge < -0.3 is 15.2 Å². The Morgan fingerprint density at radius 2 is 1.82 bits per heavy atom. The van der Waals surface area contributed by atoms with Gasteiger partial charge in [-0.3, -0.25) is 9.79 Å². The number of terminal acetylenes is 1. The highest BCUT2D eigenvalue weighted by atomic mass is 19.1. The number of nitrogens with one attached hydrogen (secondary N) is 1. The highest BCUT2D eigenvalue weighted by Gasteiger charge is 2.39. The lowest BCUT2D eigenvalue weighted by Gasteiger charge is -2.22. The highest BCUT2D eigenvalue weighted by molar-refractivity contribution is 5.93. The SMILES string of the molecule is C#C[C@@]1(CO)CC[C@H](CC2C=Nc3c(nc(F)nc3NC(=O)CCCCCCCCCCCCC)CC2)O1. The van der Waals surface area contributed by atoms with Crippen LogP contribution in [0, 0.1) is 24.3 Å². The highest BCUT2D eigenvalue weighted by Crippen LogP contribution is 2.36. The van der Waals surface area contributed by atoms with Crippen LogP contribution in [0.4, 0.5) is 15.9 Å². The van der Waals surface area contributed by atoms with E-state index in [-0.39, 0.29) is 30.4 Å². The Bertz CT molecular complexity index is 964. The topological polar surface area (TPSA) is 96.7 Å². The molecule has 210 valence electrons. The molecule has 2 aliphatic rings. The van der Waals surface area contributed by atoms with Gasteiger partial charge in [0.25, 0.3) is 0 Å². The van der Waals surface area contributed by atoms with Crippen LogP contribution in [0.1, 0.15) is 115 Å². The average Bonchev–Trinajstić information content (AvgIpc) is 3.22. The van der Waals surface area contributed by atoms with Gasteiger partial charge in [-0.1, -0.05) is 77.1 Å². The Morgan fingerprint density at radius 3 is 2.45 bits per heavy atom. The lowest BCUT2D eigenvalue weighted by Crippen LogP contribution is -2.32. The summed E-state index contributed by atoms with van der Waals surface area (Å²) in [6.07, 6.45) is 23.6. The zero-order valence-corrected chi connectivity index (χ0v) is 23.0. The van der Waals surface area contributed by atoms with E-state index in [0.29, 0.717) is 37.1 Å². The van der Waals surface area contributed by atoms with E-state index in [9.17, 15) is 14.3 Å². The molecule has 2 aliphatic heterocycles. The molecule has 3 heterocycles. The van der Waals surface area contributed by atoms with Crippen LogP contribution in [-0.4, -0.2) is 45.5 Å². The molecule has 0 bridgehead atoms. The number of anilines is 1. The number of unbranched alkanes of at least 4 members (excludes halogenated alkanes) is 10. The summed E-state index contributed by atoms with van der Waals surface area (Å²) in [5.41, 5.74) is 0.0406. The van der Waals surface area contributed by atoms with E-state index in [2.05, 4.69) is 33.1 Å². The van der Waals surface area contributed by atoms with Crippen molar-refractivity contribution in [1.29, 1.82) is 0 Å². The zero-order valence-electron chi connectivity index (χ0n) is 23.0. The Balaban J connectivity index is 1.42. The first-order chi connectivity index (χ1) is 18.5. The maximum absolute atomic E-state index is 14.2. The molecule has 3 rings (SSSR count). The second kappa shape index (κ2) is 15.9. The molecule has 0 radical (unpaired) electrons. The lowest BCUT2D eigenvalue weighted by molar-refractivity contribution is -0.116. The predicted octanol–water partition coefficient (Wildman–Crippen LogP) is 6.45. The van der Waals surface area contributed by atoms with Gasteiger partial charge >= 0.3 is 6.08 Å². The molecule has 1 fully saturated rings. The molecule has 1 aromatic rings. The molecule has 8 heteroatoms. The number of ether oxygens (including phenoxy) is 1. The van der Waals surface area contributed by atoms with Crippen LogP contribution >= 0.6 is 0 Å². The lowest BCUT2D eigenvalue weighted by atomic mass is 9.95. The Morgan fingerprint density at radius 1 is 1.13 bits per heavy atom. The van der Waals surface area contributed by atoms with Gasteiger partial charge in [0.1, 0.15) is 5.69 Å². The number of aliphatic hydroxyl groups is 1. The van der Waals surface area contributed by atoms with Crippen molar-refractivity contribution >= 4 is 23.6 Å². The zero-order chi connectivity index (χ0) is 27.2. The first-order valence-corrected chi connectivity index (χ1v) is 14.7. The monoisotopic (exact) mass is 528 g/mol. The summed E-state index contributed by atoms with van der Waals surface area (Å²) in [6.45, 7) is 2.05. The summed E-state index contributed by atoms with van der Waals surface area (Å²) < 4.78 is 20.1. The number of halogens is 1. The second-order valence-corrected chi connectivity index (χ2v) is 10.9. The number of aromatic nitrogens is 2. The van der Waals surface area contributed by atoms with Gasteiger partial charge in [-0.05, 0) is 44.4 Å². The van der Waals surface area contributed by atoms with E-state index >= 15 is 0 Å². The van der Waals surface area contributed by atoms with Crippen LogP contribution in [-0.2, 0) is 16.0 Å². The third kappa shape index (κ3) is 9.43. The minimum atomic E-state index is -0.893. The summed E-state index contributed by atoms with van der Waals surface area (Å²) in [5, 5.41) is 12.4. The van der Waals surface area contributed by atoms with Crippen LogP contribution in [0.3, 0.4) is 0 Å². The van der Waals surface area contributed by atoms with Crippen molar-refractivity contribution in [2.24, 2.45) is 10.9 Å². The molecule has 2 N–H and O–H groups in total. The first-order valence-electron chi connectivity index (χ1n) is 14.7. The van der Waals surface area contributed by atoms with Crippen molar-refractivity contribution in [1.82, 2.24) is 9.97 Å². The van der Waals surface area contributed by atoms with Gasteiger partial charge in [-0.25, -0.2) is 4.98 Å². The van der Waals surface area contributed by atoms with Crippen molar-refractivity contribution in [2.45, 2.75) is 128 Å². The quantitative estimate of drug-likeness (QED) is 0.146. The standard InChI is InChI=1S/C30H45FN4O3/c1-3-5-6-7-8-9-10-11-12-13-14-15-26(37)34-28-27-25(33-29(31)35-28)17-16-23(21-32-27)20-24-18-19-30(4-2,22-36)38-24/h2,21,23-24,36H,3,5-20,22H2,1H3,(H,33,34,35,37)/t23?,24-,30+/m1/s1. The summed E-state index contributed by atoms with van der Waals surface area (Å²) >= 11 is 0. The Labute approximate surface area is 227 Å². The number of fused-ring (bicyclic) bond motifs is 1. The fourth-order valence-corrected chi connectivity index (χ4v) is 5.37. The molecule has 0 aliphatic carbocycles. The molecule has 1 aromatic heterocycles. The summed E-state index contributed by atoms with van der Waals surface area (Å²) in [5.74, 6) is 2.64. The first kappa shape index (κ1) is 30.2. The molecular formula is C30H45FN4O3. The van der Waals surface area contributed by atoms with Gasteiger partial charge in [0.15, 0.2) is 11.4 Å². The Kier molecular flexibility index (Phi) is 12.6. The number of aliphatic imine (C=N–C) groups is 1. The molecule has 3 atom stereocenters. The molecule has 1 unspecified atom stereocenters. The van der Waals surface area contributed by atoms with Gasteiger partial charge in [0.05, 0.1) is 18.4 Å². The third-order valence-corrected chi connectivity index (χ3v) is 7.71. The van der Waals surface area contributed by atoms with E-state index in [1.54, 1.807) is 0 Å². The molecule has 1 amide bonds. The van der Waals surface area contributed by atoms with Crippen molar-refractivity contribution in [3.05, 3.63) is 11.8 Å². The number of hydrogen-bond donors (Lipinski definition) is 2. The number of amides is 1. The molecule has 0 spiro atoms. The molecule has 38 heavy (non-hydrogen) atoms. The average molecular weight is 529 g/mol. The molecule has 0 saturated carbocycles. The third-order valence-electron chi connectivity index (χ3n) is 7.71. The summed E-state index contributed by atoms with van der Waals surface area (Å²) in [6, 6.07) is 0. The molecular weight excluding hydrogens is 483 g/mol. The van der Waals surface area contributed by atoms with Crippen LogP contribution in [0.5, 0.6) is 0 Å². The van der Waals surface area contributed by atoms with E-state index in [4.69, 9.17) is 11.2 Å². The number of aliphatic hydroxyl groups excluding tert-OH is 1. The van der Waals surface area contributed by atoms with E-state index in [1.807, 2.05) is 6.21 Å². The van der Waals surface area contributed by atoms with Crippen molar-refractivity contribution in [3.8, 4) is 12.3 Å². The van der Waals surface area contributed by atoms with Gasteiger partial charge in [0.2, 0.25) is 5.91 Å². The molecule has 0 aromatic carbocycles. The largest absolute Gasteiger partial charge is 0.392 e. The predicted molar refractivity (Wildman–Crippen MR) is 149 cm³/mol. The fraction of sp³-hybridized carbons (Fsp3) is 0.733. The summed E-state index contributed by atoms with van der Waals surface area (Å²) in [4.78, 5) is 24.9. The van der Waals surface area contributed by atoms with E-state index < -0.39 is 11.7 Å². The number of hydrogen-bond acceptors (Lipinski definition) is 6. The van der Waals surface area contributed by atoms with Crippen molar-refractivity contribution < 1.29 is 19.0 Å². The van der Waals surface area contributed by atoms with E-state index in [0.717, 1.165) is 32.1 Å². The number of carbonyl (C=O) groups is 1. The molecule has 1 saturated heterocycles. The van der Waals surface area contributed by atoms with Crippen molar-refractivity contribution in [3.63, 3.8) is 0 Å². The number of carbonyl (C=O) groups excluding carboxylic acids is 1. The fourth-order valence-electron chi connectivity index (χ4n) is 5.37. The number of nitrogens with zero attached hydrogens (tertiary/aromatic N) is 3. The van der Waals surface area contributed by atoms with Gasteiger partial charge in [-0.15, -0.1) is 6.42 Å². The maximum Gasteiger partial charge on any atom is 0.310 e. The van der Waals surface area contributed by atoms with Crippen LogP contribution in [0.2, 0.25) is 0 Å². The smallest absolute Gasteiger partial charge is 0.310 e. The Hall–Kier alpha value is -2.37. The van der Waals surface area contributed by atoms with Crippen LogP contribution in [0.15, 0.2) is 4.99 Å². The number of aryl methyl sites for hydroxylation is 1. The van der Waals surface area contributed by atoms with Crippen LogP contribution < -0.4 is 5.32 Å². The van der Waals surface area contributed by atoms with Crippen molar-refractivity contribution in [2.75, 3.05) is 11.9 Å². The number of rotatable bonds is 16. The normalized spacial score (nSPS) is 22.6. The summed E-state index contributed by atoms with van der Waals surface area (Å²) in [7, 11) is 0.